The van der Waals surface area contributed by atoms with Crippen LogP contribution in [0.2, 0.25) is 0 Å². The molecule has 1 aromatic rings. The average Bonchev–Trinajstić information content (AvgIpc) is 2.35. The van der Waals surface area contributed by atoms with Crippen LogP contribution in [0.1, 0.15) is 36.9 Å². The summed E-state index contributed by atoms with van der Waals surface area (Å²) in [6.07, 6.45) is 6.43. The highest BCUT2D eigenvalue weighted by atomic mass is 15.2. The van der Waals surface area contributed by atoms with Gasteiger partial charge in [0.15, 0.2) is 0 Å². The topological polar surface area (TPSA) is 67.1 Å². The largest absolute Gasteiger partial charge is 0.368 e. The minimum absolute atomic E-state index is 0.408. The third kappa shape index (κ3) is 2.66. The molecule has 2 aliphatic rings. The van der Waals surface area contributed by atoms with Crippen LogP contribution in [0.5, 0.6) is 0 Å². The maximum absolute atomic E-state index is 5.84. The smallest absolute Gasteiger partial charge is 0.222 e. The van der Waals surface area contributed by atoms with Gasteiger partial charge in [-0.1, -0.05) is 19.3 Å². The zero-order chi connectivity index (χ0) is 13.2. The number of aromatic nitrogens is 2. The number of nitrogens with zero attached hydrogens (tertiary/aromatic N) is 3. The van der Waals surface area contributed by atoms with E-state index in [1.54, 1.807) is 0 Å². The van der Waals surface area contributed by atoms with E-state index in [4.69, 9.17) is 5.73 Å². The molecule has 1 aliphatic heterocycles. The fourth-order valence-corrected chi connectivity index (χ4v) is 2.92. The second-order valence-corrected chi connectivity index (χ2v) is 5.76. The third-order valence-corrected chi connectivity index (χ3v) is 4.39. The standard InChI is InChI=1S/C14H23N5/c1-19(8-6-10-3-2-4-10)13-11-9-16-7-5-12(11)17-14(15)18-13/h10,16H,2-9H2,1H3,(H2,15,17,18). The van der Waals surface area contributed by atoms with Crippen molar-refractivity contribution in [1.29, 1.82) is 0 Å². The second kappa shape index (κ2) is 5.33. The van der Waals surface area contributed by atoms with Gasteiger partial charge in [0, 0.05) is 38.7 Å². The monoisotopic (exact) mass is 261 g/mol. The molecule has 0 aromatic carbocycles. The number of nitrogens with one attached hydrogen (secondary N) is 1. The summed E-state index contributed by atoms with van der Waals surface area (Å²) in [7, 11) is 2.12. The molecule has 0 bridgehead atoms. The molecule has 19 heavy (non-hydrogen) atoms. The van der Waals surface area contributed by atoms with Crippen LogP contribution in [0.4, 0.5) is 11.8 Å². The van der Waals surface area contributed by atoms with Crippen molar-refractivity contribution < 1.29 is 0 Å². The molecule has 3 N–H and O–H groups in total. The quantitative estimate of drug-likeness (QED) is 0.856. The lowest BCUT2D eigenvalue weighted by Gasteiger charge is -2.30. The summed E-state index contributed by atoms with van der Waals surface area (Å²) in [4.78, 5) is 11.1. The van der Waals surface area contributed by atoms with E-state index in [9.17, 15) is 0 Å². The minimum atomic E-state index is 0.408. The molecule has 0 atom stereocenters. The van der Waals surface area contributed by atoms with Crippen LogP contribution in [0, 0.1) is 5.92 Å². The first kappa shape index (κ1) is 12.7. The van der Waals surface area contributed by atoms with Gasteiger partial charge in [0.05, 0.1) is 5.69 Å². The fraction of sp³-hybridized carbons (Fsp3) is 0.714. The number of hydrogen-bond acceptors (Lipinski definition) is 5. The third-order valence-electron chi connectivity index (χ3n) is 4.39. The summed E-state index contributed by atoms with van der Waals surface area (Å²) in [6, 6.07) is 0. The van der Waals surface area contributed by atoms with Crippen molar-refractivity contribution in [3.63, 3.8) is 0 Å². The van der Waals surface area contributed by atoms with Crippen LogP contribution >= 0.6 is 0 Å². The molecule has 0 unspecified atom stereocenters. The predicted molar refractivity (Wildman–Crippen MR) is 77.1 cm³/mol. The maximum atomic E-state index is 5.84. The number of rotatable bonds is 4. The molecule has 0 saturated heterocycles. The van der Waals surface area contributed by atoms with Gasteiger partial charge in [0.25, 0.3) is 0 Å². The average molecular weight is 261 g/mol. The Morgan fingerprint density at radius 2 is 2.21 bits per heavy atom. The molecule has 104 valence electrons. The molecule has 3 rings (SSSR count). The van der Waals surface area contributed by atoms with E-state index in [-0.39, 0.29) is 0 Å². The zero-order valence-electron chi connectivity index (χ0n) is 11.7. The van der Waals surface area contributed by atoms with E-state index in [1.165, 1.54) is 31.2 Å². The number of nitrogen functional groups attached to an aromatic ring is 1. The zero-order valence-corrected chi connectivity index (χ0v) is 11.7. The molecule has 5 nitrogen and oxygen atoms in total. The van der Waals surface area contributed by atoms with Crippen molar-refractivity contribution in [2.45, 2.75) is 38.6 Å². The Kier molecular flexibility index (Phi) is 3.55. The SMILES string of the molecule is CN(CCC1CCC1)c1nc(N)nc2c1CNCC2. The van der Waals surface area contributed by atoms with E-state index in [0.717, 1.165) is 43.5 Å². The summed E-state index contributed by atoms with van der Waals surface area (Å²) in [5, 5.41) is 3.40. The molecule has 0 spiro atoms. The first-order valence-corrected chi connectivity index (χ1v) is 7.31. The van der Waals surface area contributed by atoms with Crippen LogP contribution in [0.15, 0.2) is 0 Å². The summed E-state index contributed by atoms with van der Waals surface area (Å²) < 4.78 is 0. The summed E-state index contributed by atoms with van der Waals surface area (Å²) >= 11 is 0. The second-order valence-electron chi connectivity index (χ2n) is 5.76. The minimum Gasteiger partial charge on any atom is -0.368 e. The van der Waals surface area contributed by atoms with Gasteiger partial charge in [0.2, 0.25) is 5.95 Å². The molecule has 2 heterocycles. The molecule has 1 aromatic heterocycles. The van der Waals surface area contributed by atoms with Crippen molar-refractivity contribution in [2.24, 2.45) is 5.92 Å². The Labute approximate surface area is 114 Å². The van der Waals surface area contributed by atoms with Gasteiger partial charge in [-0.3, -0.25) is 0 Å². The molecule has 1 aliphatic carbocycles. The van der Waals surface area contributed by atoms with Crippen LogP contribution in [-0.4, -0.2) is 30.1 Å². The normalized spacial score (nSPS) is 18.8. The van der Waals surface area contributed by atoms with Crippen LogP contribution in [-0.2, 0) is 13.0 Å². The van der Waals surface area contributed by atoms with Crippen molar-refractivity contribution in [2.75, 3.05) is 30.8 Å². The summed E-state index contributed by atoms with van der Waals surface area (Å²) in [5.74, 6) is 2.36. The van der Waals surface area contributed by atoms with Crippen molar-refractivity contribution in [3.05, 3.63) is 11.3 Å². The first-order valence-electron chi connectivity index (χ1n) is 7.31. The van der Waals surface area contributed by atoms with E-state index >= 15 is 0 Å². The number of anilines is 2. The highest BCUT2D eigenvalue weighted by molar-refractivity contribution is 5.52. The van der Waals surface area contributed by atoms with E-state index in [0.29, 0.717) is 5.95 Å². The van der Waals surface area contributed by atoms with E-state index < -0.39 is 0 Å². The lowest BCUT2D eigenvalue weighted by molar-refractivity contribution is 0.299. The van der Waals surface area contributed by atoms with Gasteiger partial charge < -0.3 is 16.0 Å². The summed E-state index contributed by atoms with van der Waals surface area (Å²) in [6.45, 7) is 2.90. The highest BCUT2D eigenvalue weighted by Gasteiger charge is 2.21. The Morgan fingerprint density at radius 3 is 2.95 bits per heavy atom. The van der Waals surface area contributed by atoms with E-state index in [2.05, 4.69) is 27.2 Å². The molecule has 0 amide bonds. The molecule has 0 radical (unpaired) electrons. The van der Waals surface area contributed by atoms with E-state index in [1.807, 2.05) is 0 Å². The summed E-state index contributed by atoms with van der Waals surface area (Å²) in [5.41, 5.74) is 8.20. The van der Waals surface area contributed by atoms with Gasteiger partial charge >= 0.3 is 0 Å². The molecule has 1 fully saturated rings. The number of hydrogen-bond donors (Lipinski definition) is 2. The van der Waals surface area contributed by atoms with Gasteiger partial charge in [-0.25, -0.2) is 4.98 Å². The fourth-order valence-electron chi connectivity index (χ4n) is 2.92. The molecule has 1 saturated carbocycles. The van der Waals surface area contributed by atoms with Crippen molar-refractivity contribution >= 4 is 11.8 Å². The molecular formula is C14H23N5. The van der Waals surface area contributed by atoms with Crippen molar-refractivity contribution in [1.82, 2.24) is 15.3 Å². The Hall–Kier alpha value is -1.36. The van der Waals surface area contributed by atoms with Gasteiger partial charge in [0.1, 0.15) is 5.82 Å². The lowest BCUT2D eigenvalue weighted by atomic mass is 9.83. The molecule has 5 heteroatoms. The Balaban J connectivity index is 1.76. The van der Waals surface area contributed by atoms with Crippen LogP contribution in [0.3, 0.4) is 0 Å². The Morgan fingerprint density at radius 1 is 1.37 bits per heavy atom. The predicted octanol–water partition coefficient (Wildman–Crippen LogP) is 1.33. The van der Waals surface area contributed by atoms with Gasteiger partial charge in [-0.2, -0.15) is 4.98 Å². The Bertz CT molecular complexity index is 455. The van der Waals surface area contributed by atoms with Crippen molar-refractivity contribution in [3.8, 4) is 0 Å². The number of nitrogens with two attached hydrogens (primary N) is 1. The first-order chi connectivity index (χ1) is 9.24. The number of fused-ring (bicyclic) bond motifs is 1. The highest BCUT2D eigenvalue weighted by Crippen LogP contribution is 2.30. The van der Waals surface area contributed by atoms with Gasteiger partial charge in [-0.15, -0.1) is 0 Å². The maximum Gasteiger partial charge on any atom is 0.222 e. The molecular weight excluding hydrogens is 238 g/mol. The van der Waals surface area contributed by atoms with Gasteiger partial charge in [-0.05, 0) is 12.3 Å². The lowest BCUT2D eigenvalue weighted by Crippen LogP contribution is -2.31. The van der Waals surface area contributed by atoms with Crippen LogP contribution < -0.4 is 16.0 Å². The van der Waals surface area contributed by atoms with Crippen LogP contribution in [0.25, 0.3) is 0 Å².